The highest BCUT2D eigenvalue weighted by Gasteiger charge is 2.31. The van der Waals surface area contributed by atoms with E-state index in [0.29, 0.717) is 29.7 Å². The van der Waals surface area contributed by atoms with Crippen molar-refractivity contribution in [3.63, 3.8) is 0 Å². The second kappa shape index (κ2) is 6.25. The second-order valence-corrected chi connectivity index (χ2v) is 6.95. The van der Waals surface area contributed by atoms with Gasteiger partial charge < -0.3 is 19.7 Å². The number of benzene rings is 1. The van der Waals surface area contributed by atoms with Crippen molar-refractivity contribution in [1.29, 1.82) is 0 Å². The molecule has 1 aromatic heterocycles. The minimum absolute atomic E-state index is 0.00148. The van der Waals surface area contributed by atoms with Gasteiger partial charge in [0, 0.05) is 35.9 Å². The Kier molecular flexibility index (Phi) is 3.92. The van der Waals surface area contributed by atoms with Crippen LogP contribution in [-0.4, -0.2) is 48.2 Å². The molecule has 8 nitrogen and oxygen atoms in total. The second-order valence-electron chi connectivity index (χ2n) is 5.72. The number of rotatable bonds is 4. The topological polar surface area (TPSA) is 84.0 Å². The van der Waals surface area contributed by atoms with Crippen LogP contribution in [0, 0.1) is 6.92 Å². The van der Waals surface area contributed by atoms with E-state index in [4.69, 9.17) is 9.47 Å². The normalized spacial score (nSPS) is 15.8. The van der Waals surface area contributed by atoms with Gasteiger partial charge in [0.15, 0.2) is 16.6 Å². The zero-order valence-corrected chi connectivity index (χ0v) is 14.3. The van der Waals surface area contributed by atoms with Gasteiger partial charge in [-0.3, -0.25) is 9.69 Å². The first-order valence-corrected chi connectivity index (χ1v) is 8.60. The summed E-state index contributed by atoms with van der Waals surface area (Å²) >= 11 is 1.40. The Hall–Kier alpha value is -2.81. The number of nitrogens with one attached hydrogen (secondary N) is 1. The quantitative estimate of drug-likeness (QED) is 0.902. The molecule has 0 spiro atoms. The van der Waals surface area contributed by atoms with Gasteiger partial charge in [-0.25, -0.2) is 9.78 Å². The number of amides is 3. The highest BCUT2D eigenvalue weighted by Crippen LogP contribution is 2.36. The fraction of sp³-hybridized carbons (Fsp3) is 0.312. The van der Waals surface area contributed by atoms with Crippen LogP contribution in [0.1, 0.15) is 4.88 Å². The van der Waals surface area contributed by atoms with Crippen molar-refractivity contribution in [3.05, 3.63) is 29.3 Å². The molecule has 4 rings (SSSR count). The third-order valence-corrected chi connectivity index (χ3v) is 4.79. The maximum absolute atomic E-state index is 12.6. The van der Waals surface area contributed by atoms with Gasteiger partial charge in [0.1, 0.15) is 6.54 Å². The van der Waals surface area contributed by atoms with Gasteiger partial charge in [-0.05, 0) is 19.1 Å². The van der Waals surface area contributed by atoms with E-state index in [-0.39, 0.29) is 25.3 Å². The van der Waals surface area contributed by atoms with Gasteiger partial charge in [-0.2, -0.15) is 0 Å². The molecule has 1 N–H and O–H groups in total. The molecule has 3 amide bonds. The fourth-order valence-corrected chi connectivity index (χ4v) is 3.45. The number of hydrogen-bond acceptors (Lipinski definition) is 6. The first kappa shape index (κ1) is 15.7. The predicted octanol–water partition coefficient (Wildman–Crippen LogP) is 2.06. The Morgan fingerprint density at radius 1 is 1.32 bits per heavy atom. The van der Waals surface area contributed by atoms with Gasteiger partial charge in [-0.15, -0.1) is 11.3 Å². The molecule has 1 aromatic carbocycles. The number of aromatic nitrogens is 1. The summed E-state index contributed by atoms with van der Waals surface area (Å²) in [6.45, 7) is 3.11. The van der Waals surface area contributed by atoms with E-state index in [0.717, 1.165) is 10.6 Å². The highest BCUT2D eigenvalue weighted by atomic mass is 32.1. The number of aryl methyl sites for hydroxylation is 1. The number of hydrogen-bond donors (Lipinski definition) is 1. The third-order valence-electron chi connectivity index (χ3n) is 3.96. The van der Waals surface area contributed by atoms with Crippen LogP contribution in [0.4, 0.5) is 15.6 Å². The van der Waals surface area contributed by atoms with Crippen molar-refractivity contribution in [1.82, 2.24) is 9.88 Å². The minimum atomic E-state index is -0.254. The number of carbonyl (C=O) groups is 2. The zero-order chi connectivity index (χ0) is 17.4. The molecule has 2 aromatic rings. The van der Waals surface area contributed by atoms with Crippen LogP contribution in [-0.2, 0) is 4.79 Å². The average molecular weight is 360 g/mol. The standard InChI is InChI=1S/C16H16N4O4S/c1-10-7-17-15(25-10)18-14(21)8-19-4-5-20(16(19)22)11-2-3-12-13(6-11)24-9-23-12/h2-3,6-7H,4-5,8-9H2,1H3,(H,17,18,21). The number of ether oxygens (including phenoxy) is 2. The van der Waals surface area contributed by atoms with E-state index in [1.807, 2.05) is 13.0 Å². The minimum Gasteiger partial charge on any atom is -0.454 e. The molecule has 0 aliphatic carbocycles. The number of urea groups is 1. The summed E-state index contributed by atoms with van der Waals surface area (Å²) < 4.78 is 10.6. The van der Waals surface area contributed by atoms with Gasteiger partial charge in [0.05, 0.1) is 0 Å². The van der Waals surface area contributed by atoms with Crippen molar-refractivity contribution in [3.8, 4) is 11.5 Å². The maximum Gasteiger partial charge on any atom is 0.325 e. The lowest BCUT2D eigenvalue weighted by atomic mass is 10.2. The number of carbonyl (C=O) groups excluding carboxylic acids is 2. The summed E-state index contributed by atoms with van der Waals surface area (Å²) in [7, 11) is 0. The lowest BCUT2D eigenvalue weighted by molar-refractivity contribution is -0.116. The Morgan fingerprint density at radius 3 is 2.96 bits per heavy atom. The maximum atomic E-state index is 12.6. The van der Waals surface area contributed by atoms with Crippen molar-refractivity contribution in [2.45, 2.75) is 6.92 Å². The van der Waals surface area contributed by atoms with Gasteiger partial charge >= 0.3 is 6.03 Å². The molecule has 9 heteroatoms. The van der Waals surface area contributed by atoms with Crippen LogP contribution in [0.5, 0.6) is 11.5 Å². The zero-order valence-electron chi connectivity index (χ0n) is 13.5. The van der Waals surface area contributed by atoms with Crippen molar-refractivity contribution in [2.24, 2.45) is 0 Å². The van der Waals surface area contributed by atoms with E-state index in [1.165, 1.54) is 16.2 Å². The molecule has 2 aliphatic heterocycles. The van der Waals surface area contributed by atoms with E-state index >= 15 is 0 Å². The molecule has 1 saturated heterocycles. The monoisotopic (exact) mass is 360 g/mol. The molecule has 0 radical (unpaired) electrons. The number of thiazole rings is 1. The molecule has 2 aliphatic rings. The molecule has 0 unspecified atom stereocenters. The largest absolute Gasteiger partial charge is 0.454 e. The van der Waals surface area contributed by atoms with Gasteiger partial charge in [0.2, 0.25) is 12.7 Å². The first-order chi connectivity index (χ1) is 12.1. The third kappa shape index (κ3) is 3.10. The van der Waals surface area contributed by atoms with Crippen molar-refractivity contribution >= 4 is 34.1 Å². The lowest BCUT2D eigenvalue weighted by Gasteiger charge is -2.18. The average Bonchev–Trinajstić information content (AvgIpc) is 3.29. The molecule has 1 fully saturated rings. The van der Waals surface area contributed by atoms with Gasteiger partial charge in [0.25, 0.3) is 0 Å². The molecule has 3 heterocycles. The summed E-state index contributed by atoms with van der Waals surface area (Å²) in [5.74, 6) is 1.04. The number of nitrogens with zero attached hydrogens (tertiary/aromatic N) is 3. The Balaban J connectivity index is 1.40. The van der Waals surface area contributed by atoms with Crippen LogP contribution in [0.15, 0.2) is 24.4 Å². The SMILES string of the molecule is Cc1cnc(NC(=O)CN2CCN(c3ccc4c(c3)OCO4)C2=O)s1. The molecule has 0 atom stereocenters. The van der Waals surface area contributed by atoms with Crippen molar-refractivity contribution in [2.75, 3.05) is 36.6 Å². The summed E-state index contributed by atoms with van der Waals surface area (Å²) in [5, 5.41) is 3.26. The summed E-state index contributed by atoms with van der Waals surface area (Å²) in [6, 6.07) is 5.17. The van der Waals surface area contributed by atoms with Crippen LogP contribution in [0.3, 0.4) is 0 Å². The molecule has 25 heavy (non-hydrogen) atoms. The summed E-state index contributed by atoms with van der Waals surface area (Å²) in [6.07, 6.45) is 1.70. The first-order valence-electron chi connectivity index (χ1n) is 7.78. The van der Waals surface area contributed by atoms with E-state index in [9.17, 15) is 9.59 Å². The highest BCUT2D eigenvalue weighted by molar-refractivity contribution is 7.15. The smallest absolute Gasteiger partial charge is 0.325 e. The predicted molar refractivity (Wildman–Crippen MR) is 92.4 cm³/mol. The summed E-state index contributed by atoms with van der Waals surface area (Å²) in [5.41, 5.74) is 0.729. The van der Waals surface area contributed by atoms with E-state index in [2.05, 4.69) is 10.3 Å². The van der Waals surface area contributed by atoms with E-state index in [1.54, 1.807) is 23.2 Å². The Bertz CT molecular complexity index is 837. The molecule has 0 saturated carbocycles. The summed E-state index contributed by atoms with van der Waals surface area (Å²) in [4.78, 5) is 33.0. The number of fused-ring (bicyclic) bond motifs is 1. The fourth-order valence-electron chi connectivity index (χ4n) is 2.77. The molecule has 0 bridgehead atoms. The Labute approximate surface area is 148 Å². The van der Waals surface area contributed by atoms with Crippen LogP contribution >= 0.6 is 11.3 Å². The van der Waals surface area contributed by atoms with Crippen LogP contribution in [0.25, 0.3) is 0 Å². The molecular formula is C16H16N4O4S. The number of anilines is 2. The molecular weight excluding hydrogens is 344 g/mol. The van der Waals surface area contributed by atoms with Crippen LogP contribution < -0.4 is 19.7 Å². The van der Waals surface area contributed by atoms with E-state index < -0.39 is 0 Å². The van der Waals surface area contributed by atoms with Crippen molar-refractivity contribution < 1.29 is 19.1 Å². The lowest BCUT2D eigenvalue weighted by Crippen LogP contribution is -2.37. The Morgan fingerprint density at radius 2 is 2.16 bits per heavy atom. The van der Waals surface area contributed by atoms with Crippen LogP contribution in [0.2, 0.25) is 0 Å². The van der Waals surface area contributed by atoms with Gasteiger partial charge in [-0.1, -0.05) is 0 Å². The molecule has 130 valence electrons.